The van der Waals surface area contributed by atoms with Crippen LogP contribution in [0, 0.1) is 0 Å². The number of H-pyrrole nitrogens is 1. The summed E-state index contributed by atoms with van der Waals surface area (Å²) in [6.45, 7) is 1.21. The topological polar surface area (TPSA) is 78.1 Å². The maximum Gasteiger partial charge on any atom is 0.402 e. The molecular weight excluding hydrogens is 309 g/mol. The number of halogens is 3. The Morgan fingerprint density at radius 3 is 2.67 bits per heavy atom. The van der Waals surface area contributed by atoms with Gasteiger partial charge in [0.1, 0.15) is 6.54 Å². The molecule has 6 nitrogen and oxygen atoms in total. The van der Waals surface area contributed by atoms with Crippen molar-refractivity contribution in [1.29, 1.82) is 0 Å². The Labute approximate surface area is 120 Å². The molecule has 1 fully saturated rings. The summed E-state index contributed by atoms with van der Waals surface area (Å²) in [4.78, 5) is 0. The summed E-state index contributed by atoms with van der Waals surface area (Å²) in [6, 6.07) is -0.577. The van der Waals surface area contributed by atoms with Crippen LogP contribution in [0.3, 0.4) is 0 Å². The second kappa shape index (κ2) is 5.93. The first-order chi connectivity index (χ1) is 9.75. The molecule has 0 aliphatic heterocycles. The van der Waals surface area contributed by atoms with Gasteiger partial charge >= 0.3 is 6.18 Å². The lowest BCUT2D eigenvalue weighted by Crippen LogP contribution is -2.41. The van der Waals surface area contributed by atoms with E-state index >= 15 is 0 Å². The molecule has 2 rings (SSSR count). The molecule has 0 aromatic carbocycles. The molecule has 0 amide bonds. The van der Waals surface area contributed by atoms with Crippen molar-refractivity contribution in [3.8, 4) is 0 Å². The zero-order chi connectivity index (χ0) is 15.7. The van der Waals surface area contributed by atoms with Crippen molar-refractivity contribution < 1.29 is 21.6 Å². The van der Waals surface area contributed by atoms with Crippen LogP contribution < -0.4 is 5.32 Å². The second-order valence-corrected chi connectivity index (χ2v) is 6.73. The van der Waals surface area contributed by atoms with E-state index in [-0.39, 0.29) is 11.6 Å². The van der Waals surface area contributed by atoms with E-state index in [4.69, 9.17) is 0 Å². The molecule has 0 atom stereocenters. The number of hydrogen-bond donors (Lipinski definition) is 2. The Balaban J connectivity index is 2.28. The number of alkyl halides is 3. The number of aromatic nitrogens is 2. The lowest BCUT2D eigenvalue weighted by Gasteiger charge is -2.22. The van der Waals surface area contributed by atoms with E-state index < -0.39 is 28.8 Å². The highest BCUT2D eigenvalue weighted by Gasteiger charge is 2.45. The van der Waals surface area contributed by atoms with Gasteiger partial charge in [-0.15, -0.1) is 0 Å². The van der Waals surface area contributed by atoms with Crippen LogP contribution in [0.2, 0.25) is 0 Å². The molecule has 1 aromatic heterocycles. The Morgan fingerprint density at radius 2 is 2.14 bits per heavy atom. The summed E-state index contributed by atoms with van der Waals surface area (Å²) in [6.07, 6.45) is -2.36. The van der Waals surface area contributed by atoms with Crippen LogP contribution in [-0.2, 0) is 16.6 Å². The van der Waals surface area contributed by atoms with Gasteiger partial charge in [-0.2, -0.15) is 22.6 Å². The van der Waals surface area contributed by atoms with E-state index in [0.717, 1.165) is 0 Å². The van der Waals surface area contributed by atoms with Gasteiger partial charge in [0.05, 0.1) is 6.20 Å². The minimum absolute atomic E-state index is 0.228. The quantitative estimate of drug-likeness (QED) is 0.790. The maximum absolute atomic E-state index is 12.6. The van der Waals surface area contributed by atoms with Gasteiger partial charge in [-0.3, -0.25) is 5.10 Å². The summed E-state index contributed by atoms with van der Waals surface area (Å²) in [5.41, 5.74) is 0.338. The molecule has 2 N–H and O–H groups in total. The predicted molar refractivity (Wildman–Crippen MR) is 68.9 cm³/mol. The van der Waals surface area contributed by atoms with Crippen LogP contribution in [0.1, 0.15) is 25.3 Å². The summed E-state index contributed by atoms with van der Waals surface area (Å²) in [5, 5.41) is 8.63. The molecule has 0 unspecified atom stereocenters. The summed E-state index contributed by atoms with van der Waals surface area (Å²) >= 11 is 0. The SMILES string of the molecule is CCNCc1cn[nH]c1S(=O)(=O)N(CC(F)(F)F)C1CC1. The van der Waals surface area contributed by atoms with Crippen LogP contribution in [0.25, 0.3) is 0 Å². The largest absolute Gasteiger partial charge is 0.402 e. The van der Waals surface area contributed by atoms with Gasteiger partial charge in [0, 0.05) is 18.2 Å². The predicted octanol–water partition coefficient (Wildman–Crippen LogP) is 1.23. The highest BCUT2D eigenvalue weighted by atomic mass is 32.2. The molecule has 1 aromatic rings. The molecule has 1 heterocycles. The van der Waals surface area contributed by atoms with Gasteiger partial charge in [-0.25, -0.2) is 8.42 Å². The van der Waals surface area contributed by atoms with Crippen LogP contribution in [0.4, 0.5) is 13.2 Å². The molecule has 0 saturated heterocycles. The van der Waals surface area contributed by atoms with Crippen molar-refractivity contribution >= 4 is 10.0 Å². The van der Waals surface area contributed by atoms with Gasteiger partial charge in [0.2, 0.25) is 0 Å². The lowest BCUT2D eigenvalue weighted by atomic mass is 10.3. The Kier molecular flexibility index (Phi) is 4.59. The molecule has 1 aliphatic carbocycles. The average Bonchev–Trinajstić information content (AvgIpc) is 3.09. The molecule has 21 heavy (non-hydrogen) atoms. The number of nitrogens with one attached hydrogen (secondary N) is 2. The Hall–Kier alpha value is -1.13. The number of nitrogens with zero attached hydrogens (tertiary/aromatic N) is 2. The van der Waals surface area contributed by atoms with Gasteiger partial charge in [-0.1, -0.05) is 6.92 Å². The molecule has 0 spiro atoms. The fourth-order valence-electron chi connectivity index (χ4n) is 1.97. The third-order valence-electron chi connectivity index (χ3n) is 3.10. The zero-order valence-corrected chi connectivity index (χ0v) is 12.3. The van der Waals surface area contributed by atoms with Crippen molar-refractivity contribution in [1.82, 2.24) is 19.8 Å². The average molecular weight is 326 g/mol. The molecule has 0 bridgehead atoms. The minimum Gasteiger partial charge on any atom is -0.313 e. The Morgan fingerprint density at radius 1 is 1.48 bits per heavy atom. The van der Waals surface area contributed by atoms with Gasteiger partial charge < -0.3 is 5.32 Å². The maximum atomic E-state index is 12.6. The second-order valence-electron chi connectivity index (χ2n) is 4.90. The molecule has 1 aliphatic rings. The van der Waals surface area contributed by atoms with Crippen molar-refractivity contribution in [3.05, 3.63) is 11.8 Å². The number of rotatable bonds is 7. The fourth-order valence-corrected chi connectivity index (χ4v) is 3.75. The third-order valence-corrected chi connectivity index (χ3v) is 5.01. The standard InChI is InChI=1S/C11H17F3N4O2S/c1-2-15-5-8-6-16-17-10(8)21(19,20)18(9-3-4-9)7-11(12,13)14/h6,9,15H,2-5,7H2,1H3,(H,16,17). The molecule has 10 heteroatoms. The molecule has 0 radical (unpaired) electrons. The van der Waals surface area contributed by atoms with E-state index in [1.807, 2.05) is 6.92 Å². The lowest BCUT2D eigenvalue weighted by molar-refractivity contribution is -0.137. The van der Waals surface area contributed by atoms with Crippen molar-refractivity contribution in [2.75, 3.05) is 13.1 Å². The van der Waals surface area contributed by atoms with Crippen molar-refractivity contribution in [2.45, 2.75) is 43.6 Å². The normalized spacial score (nSPS) is 16.6. The first-order valence-electron chi connectivity index (χ1n) is 6.57. The molecule has 120 valence electrons. The van der Waals surface area contributed by atoms with Crippen LogP contribution >= 0.6 is 0 Å². The fraction of sp³-hybridized carbons (Fsp3) is 0.727. The first kappa shape index (κ1) is 16.2. The zero-order valence-electron chi connectivity index (χ0n) is 11.4. The smallest absolute Gasteiger partial charge is 0.313 e. The third kappa shape index (κ3) is 3.95. The highest BCUT2D eigenvalue weighted by Crippen LogP contribution is 2.34. The number of sulfonamides is 1. The van der Waals surface area contributed by atoms with Crippen LogP contribution in [0.5, 0.6) is 0 Å². The summed E-state index contributed by atoms with van der Waals surface area (Å²) in [5.74, 6) is 0. The van der Waals surface area contributed by atoms with E-state index in [2.05, 4.69) is 15.5 Å². The Bertz CT molecular complexity index is 581. The summed E-state index contributed by atoms with van der Waals surface area (Å²) < 4.78 is 63.3. The van der Waals surface area contributed by atoms with E-state index in [1.165, 1.54) is 6.20 Å². The van der Waals surface area contributed by atoms with E-state index in [9.17, 15) is 21.6 Å². The van der Waals surface area contributed by atoms with Gasteiger partial charge in [0.15, 0.2) is 5.03 Å². The highest BCUT2D eigenvalue weighted by molar-refractivity contribution is 7.89. The summed E-state index contributed by atoms with van der Waals surface area (Å²) in [7, 11) is -4.23. The van der Waals surface area contributed by atoms with Gasteiger partial charge in [-0.05, 0) is 19.4 Å². The minimum atomic E-state index is -4.57. The number of hydrogen-bond acceptors (Lipinski definition) is 4. The van der Waals surface area contributed by atoms with Gasteiger partial charge in [0.25, 0.3) is 10.0 Å². The van der Waals surface area contributed by atoms with E-state index in [1.54, 1.807) is 0 Å². The number of aromatic amines is 1. The van der Waals surface area contributed by atoms with Crippen LogP contribution in [-0.4, -0.2) is 48.2 Å². The monoisotopic (exact) mass is 326 g/mol. The molecule has 1 saturated carbocycles. The van der Waals surface area contributed by atoms with Crippen LogP contribution in [0.15, 0.2) is 11.2 Å². The van der Waals surface area contributed by atoms with E-state index in [0.29, 0.717) is 29.3 Å². The van der Waals surface area contributed by atoms with Crippen molar-refractivity contribution in [2.24, 2.45) is 0 Å². The van der Waals surface area contributed by atoms with Crippen molar-refractivity contribution in [3.63, 3.8) is 0 Å². The first-order valence-corrected chi connectivity index (χ1v) is 8.01. The molecular formula is C11H17F3N4O2S.